The molecule has 0 aliphatic carbocycles. The summed E-state index contributed by atoms with van der Waals surface area (Å²) in [6, 6.07) is 8.83. The van der Waals surface area contributed by atoms with Gasteiger partial charge in [0.05, 0.1) is 12.0 Å². The standard InChI is InChI=1S/C14H9FN2O2/c15-11-3-1-10(2-4-11)13-7-12(8-14(18)19-13)17-6-5-16-9-17/h1-9H. The fraction of sp³-hybridized carbons (Fsp3) is 0. The Labute approximate surface area is 107 Å². The van der Waals surface area contributed by atoms with E-state index in [1.807, 2.05) is 0 Å². The van der Waals surface area contributed by atoms with Crippen LogP contribution in [0.2, 0.25) is 0 Å². The van der Waals surface area contributed by atoms with Crippen LogP contribution in [0.25, 0.3) is 17.0 Å². The van der Waals surface area contributed by atoms with E-state index in [9.17, 15) is 9.18 Å². The third-order valence-corrected chi connectivity index (χ3v) is 2.69. The van der Waals surface area contributed by atoms with Gasteiger partial charge in [-0.25, -0.2) is 14.2 Å². The van der Waals surface area contributed by atoms with Crippen molar-refractivity contribution in [2.75, 3.05) is 0 Å². The molecule has 0 unspecified atom stereocenters. The smallest absolute Gasteiger partial charge is 0.338 e. The van der Waals surface area contributed by atoms with E-state index in [-0.39, 0.29) is 5.82 Å². The second-order valence-corrected chi connectivity index (χ2v) is 3.98. The van der Waals surface area contributed by atoms with Gasteiger partial charge in [0.25, 0.3) is 0 Å². The van der Waals surface area contributed by atoms with Gasteiger partial charge in [0.1, 0.15) is 11.6 Å². The lowest BCUT2D eigenvalue weighted by Crippen LogP contribution is -2.02. The van der Waals surface area contributed by atoms with Crippen LogP contribution in [0.3, 0.4) is 0 Å². The summed E-state index contributed by atoms with van der Waals surface area (Å²) in [5.74, 6) is 0.0491. The maximum atomic E-state index is 12.9. The lowest BCUT2D eigenvalue weighted by atomic mass is 10.1. The van der Waals surface area contributed by atoms with E-state index >= 15 is 0 Å². The second kappa shape index (κ2) is 4.53. The predicted octanol–water partition coefficient (Wildman–Crippen LogP) is 2.63. The van der Waals surface area contributed by atoms with Gasteiger partial charge in [-0.1, -0.05) is 0 Å². The highest BCUT2D eigenvalue weighted by Gasteiger charge is 2.06. The molecule has 5 heteroatoms. The summed E-state index contributed by atoms with van der Waals surface area (Å²) >= 11 is 0. The number of benzene rings is 1. The molecule has 0 saturated carbocycles. The predicted molar refractivity (Wildman–Crippen MR) is 67.5 cm³/mol. The van der Waals surface area contributed by atoms with Crippen LogP contribution in [0.1, 0.15) is 0 Å². The fourth-order valence-corrected chi connectivity index (χ4v) is 1.78. The van der Waals surface area contributed by atoms with Crippen molar-refractivity contribution in [1.82, 2.24) is 9.55 Å². The van der Waals surface area contributed by atoms with Gasteiger partial charge in [0, 0.05) is 30.1 Å². The highest BCUT2D eigenvalue weighted by Crippen LogP contribution is 2.20. The van der Waals surface area contributed by atoms with Gasteiger partial charge in [-0.05, 0) is 24.3 Å². The largest absolute Gasteiger partial charge is 0.423 e. The maximum absolute atomic E-state index is 12.9. The van der Waals surface area contributed by atoms with Crippen molar-refractivity contribution in [3.05, 3.63) is 71.4 Å². The number of aromatic nitrogens is 2. The summed E-state index contributed by atoms with van der Waals surface area (Å²) in [6.07, 6.45) is 4.93. The quantitative estimate of drug-likeness (QED) is 0.708. The summed E-state index contributed by atoms with van der Waals surface area (Å²) in [5.41, 5.74) is 0.819. The van der Waals surface area contributed by atoms with Gasteiger partial charge in [-0.2, -0.15) is 0 Å². The second-order valence-electron chi connectivity index (χ2n) is 3.98. The normalized spacial score (nSPS) is 10.6. The first-order chi connectivity index (χ1) is 9.22. The summed E-state index contributed by atoms with van der Waals surface area (Å²) in [4.78, 5) is 15.5. The number of halogens is 1. The molecule has 0 aliphatic heterocycles. The SMILES string of the molecule is O=c1cc(-n2ccnc2)cc(-c2ccc(F)cc2)o1. The molecule has 0 N–H and O–H groups in total. The van der Waals surface area contributed by atoms with Gasteiger partial charge in [0.15, 0.2) is 0 Å². The van der Waals surface area contributed by atoms with Gasteiger partial charge in [0.2, 0.25) is 0 Å². The van der Waals surface area contributed by atoms with Crippen LogP contribution in [-0.2, 0) is 0 Å². The highest BCUT2D eigenvalue weighted by atomic mass is 19.1. The molecule has 1 aromatic carbocycles. The van der Waals surface area contributed by atoms with E-state index in [0.717, 1.165) is 0 Å². The Morgan fingerprint density at radius 3 is 2.63 bits per heavy atom. The zero-order chi connectivity index (χ0) is 13.2. The Morgan fingerprint density at radius 1 is 1.16 bits per heavy atom. The molecule has 0 fully saturated rings. The number of hydrogen-bond acceptors (Lipinski definition) is 3. The van der Waals surface area contributed by atoms with Crippen molar-refractivity contribution in [2.45, 2.75) is 0 Å². The molecule has 3 aromatic rings. The first-order valence-electron chi connectivity index (χ1n) is 5.62. The molecule has 4 nitrogen and oxygen atoms in total. The fourth-order valence-electron chi connectivity index (χ4n) is 1.78. The van der Waals surface area contributed by atoms with Gasteiger partial charge in [-0.3, -0.25) is 0 Å². The average molecular weight is 256 g/mol. The molecule has 2 aromatic heterocycles. The first-order valence-corrected chi connectivity index (χ1v) is 5.62. The Bertz CT molecular complexity index is 746. The van der Waals surface area contributed by atoms with Gasteiger partial charge in [-0.15, -0.1) is 0 Å². The monoisotopic (exact) mass is 256 g/mol. The summed E-state index contributed by atoms with van der Waals surface area (Å²) in [5, 5.41) is 0. The Hall–Kier alpha value is -2.69. The summed E-state index contributed by atoms with van der Waals surface area (Å²) < 4.78 is 19.7. The van der Waals surface area contributed by atoms with Crippen LogP contribution in [-0.4, -0.2) is 9.55 Å². The number of nitrogens with zero attached hydrogens (tertiary/aromatic N) is 2. The molecule has 0 spiro atoms. The van der Waals surface area contributed by atoms with Crippen LogP contribution < -0.4 is 5.63 Å². The number of rotatable bonds is 2. The molecular formula is C14H9FN2O2. The maximum Gasteiger partial charge on any atom is 0.338 e. The number of hydrogen-bond donors (Lipinski definition) is 0. The average Bonchev–Trinajstić information content (AvgIpc) is 2.93. The Morgan fingerprint density at radius 2 is 1.95 bits per heavy atom. The minimum absolute atomic E-state index is 0.336. The zero-order valence-electron chi connectivity index (χ0n) is 9.79. The van der Waals surface area contributed by atoms with Crippen LogP contribution >= 0.6 is 0 Å². The summed E-state index contributed by atoms with van der Waals surface area (Å²) in [6.45, 7) is 0. The van der Waals surface area contributed by atoms with Gasteiger partial charge < -0.3 is 8.98 Å². The lowest BCUT2D eigenvalue weighted by molar-refractivity contribution is 0.524. The van der Waals surface area contributed by atoms with E-state index in [2.05, 4.69) is 4.98 Å². The van der Waals surface area contributed by atoms with Crippen LogP contribution in [0.15, 0.2) is 64.3 Å². The third-order valence-electron chi connectivity index (χ3n) is 2.69. The van der Waals surface area contributed by atoms with E-state index in [1.165, 1.54) is 18.2 Å². The minimum Gasteiger partial charge on any atom is -0.423 e. The van der Waals surface area contributed by atoms with Gasteiger partial charge >= 0.3 is 5.63 Å². The van der Waals surface area contributed by atoms with Crippen molar-refractivity contribution in [2.24, 2.45) is 0 Å². The van der Waals surface area contributed by atoms with E-state index in [0.29, 0.717) is 17.0 Å². The highest BCUT2D eigenvalue weighted by molar-refractivity contribution is 5.59. The zero-order valence-corrected chi connectivity index (χ0v) is 9.79. The third kappa shape index (κ3) is 2.30. The van der Waals surface area contributed by atoms with Crippen LogP contribution in [0, 0.1) is 5.82 Å². The lowest BCUT2D eigenvalue weighted by Gasteiger charge is -2.04. The molecule has 19 heavy (non-hydrogen) atoms. The first kappa shape index (κ1) is 11.4. The Kier molecular flexibility index (Phi) is 2.72. The molecule has 0 atom stereocenters. The molecule has 0 saturated heterocycles. The van der Waals surface area contributed by atoms with E-state index < -0.39 is 5.63 Å². The Balaban J connectivity index is 2.12. The van der Waals surface area contributed by atoms with Crippen molar-refractivity contribution in [1.29, 1.82) is 0 Å². The van der Waals surface area contributed by atoms with Crippen molar-refractivity contribution >= 4 is 0 Å². The molecule has 0 bridgehead atoms. The molecule has 0 radical (unpaired) electrons. The molecule has 2 heterocycles. The number of imidazole rings is 1. The molecule has 0 amide bonds. The van der Waals surface area contributed by atoms with Crippen molar-refractivity contribution in [3.63, 3.8) is 0 Å². The molecule has 3 rings (SSSR count). The van der Waals surface area contributed by atoms with Crippen LogP contribution in [0.5, 0.6) is 0 Å². The summed E-state index contributed by atoms with van der Waals surface area (Å²) in [7, 11) is 0. The van der Waals surface area contributed by atoms with Crippen molar-refractivity contribution in [3.8, 4) is 17.0 Å². The van der Waals surface area contributed by atoms with Crippen molar-refractivity contribution < 1.29 is 8.81 Å². The molecular weight excluding hydrogens is 247 g/mol. The van der Waals surface area contributed by atoms with E-state index in [4.69, 9.17) is 4.42 Å². The topological polar surface area (TPSA) is 48.0 Å². The van der Waals surface area contributed by atoms with E-state index in [1.54, 1.807) is 41.5 Å². The minimum atomic E-state index is -0.467. The molecule has 0 aliphatic rings. The molecule has 94 valence electrons. The van der Waals surface area contributed by atoms with Crippen LogP contribution in [0.4, 0.5) is 4.39 Å².